The number of pyridine rings is 3. The molecule has 8 aromatic carbocycles. The molecule has 458 valence electrons. The standard InChI is InChI=1S/C27H25FN4O.C27H26N4O.C21H22N4O/c28-23-6-1-18(2-7-23)19-3-8-24(29)22(15-19)17-26(33)21-4-9-25-20(16-21)5-10-27(31-25)32-13-11-30-12-14-32;28-25-9-7-20(19-4-2-1-3-5-19)14-22(25)17-27(32)26-16-21-6-8-24(15-23(21)18-30-26)31-12-10-29-11-13-31;22-19-4-2-1-3-16(19)13-21(26)20-12-15-5-6-18(11-17(15)14-24-20)25-9-7-23-8-10-25/h1-10,15-16,30H,11-14,17,29H2;1-9,14-16,18,29H,10-13,17,28H2;1-6,11-12,14,23H,7-10,13,22H2. The van der Waals surface area contributed by atoms with Gasteiger partial charge in [0.15, 0.2) is 17.3 Å². The smallest absolute Gasteiger partial charge is 0.185 e. The first-order valence-electron chi connectivity index (χ1n) is 31.0. The Morgan fingerprint density at radius 2 is 0.857 bits per heavy atom. The molecule has 0 spiro atoms. The molecule has 14 rings (SSSR count). The van der Waals surface area contributed by atoms with Crippen LogP contribution in [0.3, 0.4) is 0 Å². The van der Waals surface area contributed by atoms with Crippen LogP contribution in [0.2, 0.25) is 0 Å². The van der Waals surface area contributed by atoms with E-state index in [1.807, 2.05) is 115 Å². The fraction of sp³-hybridized carbons (Fsp3) is 0.200. The second kappa shape index (κ2) is 28.4. The van der Waals surface area contributed by atoms with Crippen LogP contribution in [-0.4, -0.2) is 111 Å². The lowest BCUT2D eigenvalue weighted by molar-refractivity contribution is 0.0980. The van der Waals surface area contributed by atoms with Crippen molar-refractivity contribution in [3.8, 4) is 22.3 Å². The minimum absolute atomic E-state index is 0.00830. The number of Topliss-reactive ketones (excluding diaryl/α,β-unsaturated/α-hetero) is 3. The molecule has 91 heavy (non-hydrogen) atoms. The van der Waals surface area contributed by atoms with E-state index in [9.17, 15) is 18.8 Å². The number of carbonyl (C=O) groups is 3. The number of nitrogens with one attached hydrogen (secondary N) is 3. The number of para-hydroxylation sites is 1. The van der Waals surface area contributed by atoms with E-state index >= 15 is 0 Å². The summed E-state index contributed by atoms with van der Waals surface area (Å²) in [6.07, 6.45) is 4.28. The molecule has 3 aromatic heterocycles. The van der Waals surface area contributed by atoms with Crippen molar-refractivity contribution < 1.29 is 18.8 Å². The van der Waals surface area contributed by atoms with E-state index in [4.69, 9.17) is 22.2 Å². The topological polar surface area (TPSA) is 214 Å². The summed E-state index contributed by atoms with van der Waals surface area (Å²) < 4.78 is 13.3. The summed E-state index contributed by atoms with van der Waals surface area (Å²) in [6.45, 7) is 11.8. The van der Waals surface area contributed by atoms with Gasteiger partial charge >= 0.3 is 0 Å². The third kappa shape index (κ3) is 15.0. The van der Waals surface area contributed by atoms with E-state index < -0.39 is 0 Å². The molecular formula is C75H73FN12O3. The molecule has 3 aliphatic rings. The lowest BCUT2D eigenvalue weighted by Crippen LogP contribution is -2.43. The number of benzene rings is 8. The summed E-state index contributed by atoms with van der Waals surface area (Å²) in [5, 5.41) is 15.2. The normalized spacial score (nSPS) is 14.1. The molecule has 0 unspecified atom stereocenters. The van der Waals surface area contributed by atoms with Crippen molar-refractivity contribution in [3.05, 3.63) is 246 Å². The van der Waals surface area contributed by atoms with Gasteiger partial charge in [-0.1, -0.05) is 84.9 Å². The van der Waals surface area contributed by atoms with Gasteiger partial charge in [0, 0.05) is 160 Å². The molecule has 0 radical (unpaired) electrons. The molecule has 11 aromatic rings. The number of nitrogen functional groups attached to an aromatic ring is 3. The van der Waals surface area contributed by atoms with Crippen molar-refractivity contribution in [1.82, 2.24) is 30.9 Å². The first-order chi connectivity index (χ1) is 44.4. The lowest BCUT2D eigenvalue weighted by atomic mass is 9.96. The number of nitrogens with zero attached hydrogens (tertiary/aromatic N) is 6. The minimum Gasteiger partial charge on any atom is -0.398 e. The molecule has 0 amide bonds. The maximum Gasteiger partial charge on any atom is 0.185 e. The Morgan fingerprint density at radius 3 is 1.41 bits per heavy atom. The van der Waals surface area contributed by atoms with Crippen molar-refractivity contribution in [2.45, 2.75) is 19.3 Å². The largest absolute Gasteiger partial charge is 0.398 e. The molecule has 0 atom stereocenters. The molecule has 3 fully saturated rings. The third-order valence-electron chi connectivity index (χ3n) is 17.1. The van der Waals surface area contributed by atoms with Gasteiger partial charge in [-0.05, 0) is 159 Å². The molecule has 15 nitrogen and oxygen atoms in total. The van der Waals surface area contributed by atoms with E-state index in [-0.39, 0.29) is 42.4 Å². The predicted molar refractivity (Wildman–Crippen MR) is 368 cm³/mol. The van der Waals surface area contributed by atoms with Crippen LogP contribution in [0.1, 0.15) is 48.0 Å². The zero-order valence-corrected chi connectivity index (χ0v) is 50.8. The van der Waals surface area contributed by atoms with Crippen molar-refractivity contribution >= 4 is 84.1 Å². The molecule has 9 N–H and O–H groups in total. The quantitative estimate of drug-likeness (QED) is 0.0441. The van der Waals surface area contributed by atoms with Gasteiger partial charge in [-0.15, -0.1) is 0 Å². The average Bonchev–Trinajstić information content (AvgIpc) is 1.63. The summed E-state index contributed by atoms with van der Waals surface area (Å²) in [6, 6.07) is 61.4. The van der Waals surface area contributed by atoms with Crippen molar-refractivity contribution in [2.24, 2.45) is 0 Å². The highest BCUT2D eigenvalue weighted by atomic mass is 19.1. The van der Waals surface area contributed by atoms with Gasteiger partial charge in [-0.2, -0.15) is 0 Å². The fourth-order valence-electron chi connectivity index (χ4n) is 11.8. The Labute approximate surface area is 529 Å². The van der Waals surface area contributed by atoms with E-state index in [0.717, 1.165) is 156 Å². The summed E-state index contributed by atoms with van der Waals surface area (Å²) in [5.74, 6) is 0.626. The summed E-state index contributed by atoms with van der Waals surface area (Å²) in [5.41, 5.74) is 31.3. The Balaban J connectivity index is 0.000000133. The number of aromatic nitrogens is 3. The van der Waals surface area contributed by atoms with Crippen LogP contribution in [0, 0.1) is 5.82 Å². The Kier molecular flexibility index (Phi) is 19.0. The fourth-order valence-corrected chi connectivity index (χ4v) is 11.8. The maximum absolute atomic E-state index is 13.3. The maximum atomic E-state index is 13.3. The molecule has 0 saturated carbocycles. The van der Waals surface area contributed by atoms with Gasteiger partial charge in [0.2, 0.25) is 0 Å². The van der Waals surface area contributed by atoms with Crippen molar-refractivity contribution in [1.29, 1.82) is 0 Å². The van der Waals surface area contributed by atoms with Crippen LogP contribution < -0.4 is 47.9 Å². The summed E-state index contributed by atoms with van der Waals surface area (Å²) >= 11 is 0. The highest BCUT2D eigenvalue weighted by molar-refractivity contribution is 6.02. The highest BCUT2D eigenvalue weighted by Crippen LogP contribution is 2.30. The van der Waals surface area contributed by atoms with Crippen LogP contribution in [0.15, 0.2) is 207 Å². The van der Waals surface area contributed by atoms with Crippen LogP contribution >= 0.6 is 0 Å². The zero-order chi connectivity index (χ0) is 62.6. The molecule has 3 aliphatic heterocycles. The number of rotatable bonds is 14. The van der Waals surface area contributed by atoms with Gasteiger partial charge in [0.1, 0.15) is 23.0 Å². The Hall–Kier alpha value is -10.4. The van der Waals surface area contributed by atoms with Gasteiger partial charge in [-0.3, -0.25) is 24.4 Å². The van der Waals surface area contributed by atoms with E-state index in [1.165, 1.54) is 23.5 Å². The van der Waals surface area contributed by atoms with Gasteiger partial charge in [-0.25, -0.2) is 9.37 Å². The van der Waals surface area contributed by atoms with E-state index in [0.29, 0.717) is 34.0 Å². The summed E-state index contributed by atoms with van der Waals surface area (Å²) in [4.78, 5) is 59.4. The number of carbonyl (C=O) groups excluding carboxylic acids is 3. The number of hydrogen-bond donors (Lipinski definition) is 6. The van der Waals surface area contributed by atoms with Gasteiger partial charge in [0.25, 0.3) is 0 Å². The van der Waals surface area contributed by atoms with Crippen LogP contribution in [0.5, 0.6) is 0 Å². The van der Waals surface area contributed by atoms with E-state index in [2.05, 4.69) is 89.1 Å². The van der Waals surface area contributed by atoms with Crippen molar-refractivity contribution in [3.63, 3.8) is 0 Å². The molecular weight excluding hydrogens is 1140 g/mol. The first kappa shape index (κ1) is 60.9. The number of nitrogens with two attached hydrogens (primary N) is 3. The van der Waals surface area contributed by atoms with Crippen molar-refractivity contribution in [2.75, 3.05) is 110 Å². The second-order valence-corrected chi connectivity index (χ2v) is 23.2. The number of piperazine rings is 3. The second-order valence-electron chi connectivity index (χ2n) is 23.2. The molecule has 0 bridgehead atoms. The number of ketones is 3. The monoisotopic (exact) mass is 1210 g/mol. The van der Waals surface area contributed by atoms with Gasteiger partial charge in [0.05, 0.1) is 5.52 Å². The summed E-state index contributed by atoms with van der Waals surface area (Å²) in [7, 11) is 0. The third-order valence-corrected chi connectivity index (χ3v) is 17.1. The number of hydrogen-bond acceptors (Lipinski definition) is 15. The van der Waals surface area contributed by atoms with Gasteiger partial charge < -0.3 is 47.9 Å². The average molecular weight is 1210 g/mol. The van der Waals surface area contributed by atoms with Crippen LogP contribution in [0.25, 0.3) is 54.7 Å². The number of anilines is 6. The molecule has 3 saturated heterocycles. The van der Waals surface area contributed by atoms with Crippen LogP contribution in [-0.2, 0) is 19.3 Å². The number of fused-ring (bicyclic) bond motifs is 3. The first-order valence-corrected chi connectivity index (χ1v) is 31.0. The minimum atomic E-state index is -0.282. The lowest BCUT2D eigenvalue weighted by Gasteiger charge is -2.29. The predicted octanol–water partition coefficient (Wildman–Crippen LogP) is 11.4. The Morgan fingerprint density at radius 1 is 0.396 bits per heavy atom. The molecule has 6 heterocycles. The SMILES string of the molecule is Nc1ccc(-c2ccc(F)cc2)cc1CC(=O)c1ccc2nc(N3CCNCC3)ccc2c1.Nc1ccc(-c2ccccc2)cc1CC(=O)c1cc2ccc(N3CCNCC3)cc2cn1.Nc1ccccc1CC(=O)c1cc2ccc(N3CCNCC3)cc2cn1. The zero-order valence-electron chi connectivity index (χ0n) is 50.8. The van der Waals surface area contributed by atoms with E-state index in [1.54, 1.807) is 30.6 Å². The highest BCUT2D eigenvalue weighted by Gasteiger charge is 2.19. The van der Waals surface area contributed by atoms with Crippen LogP contribution in [0.4, 0.5) is 38.6 Å². The Bertz CT molecular complexity index is 4410. The number of halogens is 1. The molecule has 16 heteroatoms. The molecule has 0 aliphatic carbocycles.